The van der Waals surface area contributed by atoms with E-state index in [1.807, 2.05) is 4.68 Å². The van der Waals surface area contributed by atoms with Crippen molar-refractivity contribution in [1.82, 2.24) is 15.1 Å². The van der Waals surface area contributed by atoms with E-state index in [4.69, 9.17) is 5.73 Å². The molecule has 3 rings (SSSR count). The minimum atomic E-state index is -0.0971. The number of rotatable bonds is 6. The number of carbonyl (C=O) groups is 1. The molecule has 6 heteroatoms. The van der Waals surface area contributed by atoms with Crippen LogP contribution in [0, 0.1) is 12.8 Å². The number of amides is 1. The molecule has 0 bridgehead atoms. The Hall–Kier alpha value is -1.85. The Kier molecular flexibility index (Phi) is 6.84. The molecule has 142 valence electrons. The van der Waals surface area contributed by atoms with Gasteiger partial charge in [-0.15, -0.1) is 12.4 Å². The Morgan fingerprint density at radius 1 is 1.27 bits per heavy atom. The smallest absolute Gasteiger partial charge is 0.272 e. The number of benzene rings is 1. The first-order valence-electron chi connectivity index (χ1n) is 9.18. The van der Waals surface area contributed by atoms with E-state index >= 15 is 0 Å². The van der Waals surface area contributed by atoms with Gasteiger partial charge in [0.05, 0.1) is 5.69 Å². The molecular formula is C20H29ClN4O. The lowest BCUT2D eigenvalue weighted by molar-refractivity contribution is 0.0927. The van der Waals surface area contributed by atoms with Gasteiger partial charge < -0.3 is 11.1 Å². The van der Waals surface area contributed by atoms with Crippen LogP contribution in [-0.4, -0.2) is 28.3 Å². The summed E-state index contributed by atoms with van der Waals surface area (Å²) in [6.07, 6.45) is 3.84. The Labute approximate surface area is 161 Å². The van der Waals surface area contributed by atoms with E-state index in [0.29, 0.717) is 18.2 Å². The zero-order valence-electron chi connectivity index (χ0n) is 15.8. The van der Waals surface area contributed by atoms with Crippen molar-refractivity contribution in [2.24, 2.45) is 11.7 Å². The number of hydrogen-bond donors (Lipinski definition) is 2. The van der Waals surface area contributed by atoms with E-state index in [0.717, 1.165) is 36.9 Å². The highest BCUT2D eigenvalue weighted by Gasteiger charge is 2.27. The summed E-state index contributed by atoms with van der Waals surface area (Å²) in [4.78, 5) is 12.8. The lowest BCUT2D eigenvalue weighted by Crippen LogP contribution is -2.41. The molecule has 0 saturated carbocycles. The Balaban J connectivity index is 0.00000243. The number of nitrogens with zero attached hydrogens (tertiary/aromatic N) is 2. The van der Waals surface area contributed by atoms with Gasteiger partial charge in [-0.05, 0) is 50.7 Å². The first-order valence-corrected chi connectivity index (χ1v) is 9.18. The molecule has 1 aromatic heterocycles. The van der Waals surface area contributed by atoms with Gasteiger partial charge in [0.25, 0.3) is 5.91 Å². The molecule has 1 aliphatic rings. The van der Waals surface area contributed by atoms with Gasteiger partial charge in [0.15, 0.2) is 5.69 Å². The lowest BCUT2D eigenvalue weighted by atomic mass is 10.0. The van der Waals surface area contributed by atoms with Gasteiger partial charge in [0.1, 0.15) is 0 Å². The Morgan fingerprint density at radius 3 is 2.58 bits per heavy atom. The van der Waals surface area contributed by atoms with Crippen molar-refractivity contribution in [3.8, 4) is 5.69 Å². The number of aryl methyl sites for hydroxylation is 1. The summed E-state index contributed by atoms with van der Waals surface area (Å²) in [5.74, 6) is 0.393. The van der Waals surface area contributed by atoms with Crippen molar-refractivity contribution >= 4 is 18.3 Å². The highest BCUT2D eigenvalue weighted by molar-refractivity contribution is 5.94. The second kappa shape index (κ2) is 8.69. The van der Waals surface area contributed by atoms with E-state index in [-0.39, 0.29) is 24.4 Å². The van der Waals surface area contributed by atoms with Crippen molar-refractivity contribution < 1.29 is 4.79 Å². The number of carbonyl (C=O) groups excluding carboxylic acids is 1. The average molecular weight is 377 g/mol. The highest BCUT2D eigenvalue weighted by Crippen LogP contribution is 2.28. The molecule has 0 spiro atoms. The minimum absolute atomic E-state index is 0. The molecule has 1 heterocycles. The number of halogens is 1. The quantitative estimate of drug-likeness (QED) is 0.813. The van der Waals surface area contributed by atoms with Gasteiger partial charge in [-0.3, -0.25) is 4.79 Å². The summed E-state index contributed by atoms with van der Waals surface area (Å²) < 4.78 is 1.94. The summed E-state index contributed by atoms with van der Waals surface area (Å²) in [5, 5.41) is 7.74. The maximum Gasteiger partial charge on any atom is 0.272 e. The van der Waals surface area contributed by atoms with Crippen LogP contribution >= 0.6 is 12.4 Å². The third kappa shape index (κ3) is 4.27. The molecule has 1 unspecified atom stereocenters. The van der Waals surface area contributed by atoms with Crippen molar-refractivity contribution in [1.29, 1.82) is 0 Å². The predicted octanol–water partition coefficient (Wildman–Crippen LogP) is 3.19. The molecular weight excluding hydrogens is 348 g/mol. The van der Waals surface area contributed by atoms with Gasteiger partial charge in [0, 0.05) is 23.8 Å². The first kappa shape index (κ1) is 20.5. The van der Waals surface area contributed by atoms with E-state index in [2.05, 4.69) is 55.5 Å². The molecule has 1 aliphatic carbocycles. The number of fused-ring (bicyclic) bond motifs is 1. The van der Waals surface area contributed by atoms with Gasteiger partial charge in [0.2, 0.25) is 0 Å². The van der Waals surface area contributed by atoms with E-state index in [1.165, 1.54) is 11.3 Å². The monoisotopic (exact) mass is 376 g/mol. The summed E-state index contributed by atoms with van der Waals surface area (Å²) >= 11 is 0. The molecule has 0 radical (unpaired) electrons. The zero-order valence-corrected chi connectivity index (χ0v) is 16.6. The lowest BCUT2D eigenvalue weighted by Gasteiger charge is -2.18. The standard InChI is InChI=1S/C20H28N4O.ClH/c1-13(2)11-15(12-21)22-20(25)19-17-5-4-6-18(17)24(23-19)16-9-7-14(3)8-10-16;/h7-10,13,15H,4-6,11-12,21H2,1-3H3,(H,22,25);1H. The largest absolute Gasteiger partial charge is 0.347 e. The zero-order chi connectivity index (χ0) is 18.0. The van der Waals surface area contributed by atoms with Crippen LogP contribution in [0.4, 0.5) is 0 Å². The fourth-order valence-electron chi connectivity index (χ4n) is 3.56. The topological polar surface area (TPSA) is 72.9 Å². The molecule has 2 aromatic rings. The first-order chi connectivity index (χ1) is 12.0. The normalized spacial score (nSPS) is 14.0. The maximum atomic E-state index is 12.8. The van der Waals surface area contributed by atoms with Crippen molar-refractivity contribution in [3.05, 3.63) is 46.8 Å². The van der Waals surface area contributed by atoms with Crippen LogP contribution < -0.4 is 11.1 Å². The minimum Gasteiger partial charge on any atom is -0.347 e. The third-order valence-corrected chi connectivity index (χ3v) is 4.80. The number of nitrogens with one attached hydrogen (secondary N) is 1. The molecule has 26 heavy (non-hydrogen) atoms. The van der Waals surface area contributed by atoms with Crippen LogP contribution in [0.25, 0.3) is 5.69 Å². The molecule has 0 aliphatic heterocycles. The second-order valence-electron chi connectivity index (χ2n) is 7.41. The summed E-state index contributed by atoms with van der Waals surface area (Å²) in [6.45, 7) is 6.79. The van der Waals surface area contributed by atoms with Gasteiger partial charge in [-0.2, -0.15) is 5.10 Å². The molecule has 1 aromatic carbocycles. The van der Waals surface area contributed by atoms with Crippen LogP contribution in [-0.2, 0) is 12.8 Å². The molecule has 1 amide bonds. The van der Waals surface area contributed by atoms with Crippen molar-refractivity contribution in [2.75, 3.05) is 6.54 Å². The fraction of sp³-hybridized carbons (Fsp3) is 0.500. The van der Waals surface area contributed by atoms with Crippen LogP contribution in [0.15, 0.2) is 24.3 Å². The number of aromatic nitrogens is 2. The third-order valence-electron chi connectivity index (χ3n) is 4.80. The number of nitrogens with two attached hydrogens (primary N) is 1. The van der Waals surface area contributed by atoms with Crippen molar-refractivity contribution in [2.45, 2.75) is 52.5 Å². The molecule has 1 atom stereocenters. The summed E-state index contributed by atoms with van der Waals surface area (Å²) in [5.41, 5.74) is 10.9. The van der Waals surface area contributed by atoms with Gasteiger partial charge in [-0.25, -0.2) is 4.68 Å². The van der Waals surface area contributed by atoms with Crippen LogP contribution in [0.2, 0.25) is 0 Å². The van der Waals surface area contributed by atoms with Gasteiger partial charge in [-0.1, -0.05) is 31.5 Å². The predicted molar refractivity (Wildman–Crippen MR) is 107 cm³/mol. The second-order valence-corrected chi connectivity index (χ2v) is 7.41. The Morgan fingerprint density at radius 2 is 1.96 bits per heavy atom. The molecule has 0 fully saturated rings. The van der Waals surface area contributed by atoms with Gasteiger partial charge >= 0.3 is 0 Å². The number of hydrogen-bond acceptors (Lipinski definition) is 3. The van der Waals surface area contributed by atoms with E-state index in [1.54, 1.807) is 0 Å². The summed E-state index contributed by atoms with van der Waals surface area (Å²) in [6, 6.07) is 8.26. The van der Waals surface area contributed by atoms with Crippen molar-refractivity contribution in [3.63, 3.8) is 0 Å². The van der Waals surface area contributed by atoms with Crippen LogP contribution in [0.5, 0.6) is 0 Å². The Bertz CT molecular complexity index is 752. The average Bonchev–Trinajstić information content (AvgIpc) is 3.17. The van der Waals surface area contributed by atoms with E-state index < -0.39 is 0 Å². The van der Waals surface area contributed by atoms with E-state index in [9.17, 15) is 4.79 Å². The van der Waals surface area contributed by atoms with Crippen LogP contribution in [0.3, 0.4) is 0 Å². The molecule has 0 saturated heterocycles. The SMILES string of the molecule is Cc1ccc(-n2nc(C(=O)NC(CN)CC(C)C)c3c2CCC3)cc1.Cl. The fourth-order valence-corrected chi connectivity index (χ4v) is 3.56. The van der Waals surface area contributed by atoms with Crippen LogP contribution in [0.1, 0.15) is 54.0 Å². The maximum absolute atomic E-state index is 12.8. The molecule has 3 N–H and O–H groups in total. The molecule has 5 nitrogen and oxygen atoms in total. The summed E-state index contributed by atoms with van der Waals surface area (Å²) in [7, 11) is 0. The highest BCUT2D eigenvalue weighted by atomic mass is 35.5.